The lowest BCUT2D eigenvalue weighted by Crippen LogP contribution is -2.33. The molecule has 4 rings (SSSR count). The SMILES string of the molecule is Cc1c(Cl)cccc1NC(=O)Nc1ccc2c(c1)C1OCCCC1CN2. The summed E-state index contributed by atoms with van der Waals surface area (Å²) < 4.78 is 6.01. The third kappa shape index (κ3) is 3.37. The van der Waals surface area contributed by atoms with Crippen molar-refractivity contribution < 1.29 is 9.53 Å². The number of hydrogen-bond donors (Lipinski definition) is 3. The molecule has 0 radical (unpaired) electrons. The summed E-state index contributed by atoms with van der Waals surface area (Å²) in [6, 6.07) is 11.1. The van der Waals surface area contributed by atoms with Gasteiger partial charge in [0.25, 0.3) is 0 Å². The summed E-state index contributed by atoms with van der Waals surface area (Å²) >= 11 is 6.11. The first-order chi connectivity index (χ1) is 12.6. The van der Waals surface area contributed by atoms with Crippen molar-refractivity contribution >= 4 is 34.7 Å². The molecule has 2 unspecified atom stereocenters. The Morgan fingerprint density at radius 1 is 1.27 bits per heavy atom. The van der Waals surface area contributed by atoms with Crippen LogP contribution >= 0.6 is 11.6 Å². The van der Waals surface area contributed by atoms with Crippen LogP contribution in [0.15, 0.2) is 36.4 Å². The van der Waals surface area contributed by atoms with E-state index < -0.39 is 0 Å². The highest BCUT2D eigenvalue weighted by Crippen LogP contribution is 2.41. The number of rotatable bonds is 2. The van der Waals surface area contributed by atoms with Gasteiger partial charge in [0.15, 0.2) is 0 Å². The van der Waals surface area contributed by atoms with Gasteiger partial charge in [-0.3, -0.25) is 0 Å². The number of anilines is 3. The molecule has 2 aliphatic heterocycles. The van der Waals surface area contributed by atoms with Crippen LogP contribution in [0.25, 0.3) is 0 Å². The molecular formula is C20H22ClN3O2. The van der Waals surface area contributed by atoms with E-state index in [0.29, 0.717) is 16.6 Å². The predicted octanol–water partition coefficient (Wildman–Crippen LogP) is 5.19. The van der Waals surface area contributed by atoms with Crippen LogP contribution in [0.4, 0.5) is 21.9 Å². The van der Waals surface area contributed by atoms with E-state index in [1.54, 1.807) is 6.07 Å². The number of ether oxygens (including phenoxy) is 1. The quantitative estimate of drug-likeness (QED) is 0.681. The van der Waals surface area contributed by atoms with Crippen molar-refractivity contribution in [1.82, 2.24) is 0 Å². The van der Waals surface area contributed by atoms with E-state index in [4.69, 9.17) is 16.3 Å². The minimum absolute atomic E-state index is 0.111. The van der Waals surface area contributed by atoms with Gasteiger partial charge in [-0.25, -0.2) is 4.79 Å². The topological polar surface area (TPSA) is 62.4 Å². The van der Waals surface area contributed by atoms with Crippen LogP contribution in [0.1, 0.15) is 30.1 Å². The number of nitrogens with one attached hydrogen (secondary N) is 3. The van der Waals surface area contributed by atoms with E-state index in [-0.39, 0.29) is 12.1 Å². The molecule has 0 aromatic heterocycles. The fourth-order valence-corrected chi connectivity index (χ4v) is 3.88. The second-order valence-corrected chi connectivity index (χ2v) is 7.28. The standard InChI is InChI=1S/C20H22ClN3O2/c1-12-16(21)5-2-6-17(12)24-20(25)23-14-7-8-18-15(10-14)19-13(11-22-18)4-3-9-26-19/h2,5-8,10,13,19,22H,3-4,9,11H2,1H3,(H2,23,24,25). The fraction of sp³-hybridized carbons (Fsp3) is 0.350. The van der Waals surface area contributed by atoms with Gasteiger partial charge < -0.3 is 20.7 Å². The minimum Gasteiger partial charge on any atom is -0.384 e. The van der Waals surface area contributed by atoms with Gasteiger partial charge in [0.05, 0.1) is 6.10 Å². The van der Waals surface area contributed by atoms with Crippen molar-refractivity contribution in [1.29, 1.82) is 0 Å². The molecule has 0 aliphatic carbocycles. The molecule has 136 valence electrons. The van der Waals surface area contributed by atoms with E-state index in [1.807, 2.05) is 37.3 Å². The van der Waals surface area contributed by atoms with Gasteiger partial charge >= 0.3 is 6.03 Å². The maximum absolute atomic E-state index is 12.4. The number of hydrogen-bond acceptors (Lipinski definition) is 3. The van der Waals surface area contributed by atoms with Crippen LogP contribution in [-0.2, 0) is 4.74 Å². The lowest BCUT2D eigenvalue weighted by molar-refractivity contribution is -0.0262. The molecule has 1 fully saturated rings. The Labute approximate surface area is 158 Å². The lowest BCUT2D eigenvalue weighted by Gasteiger charge is -2.37. The summed E-state index contributed by atoms with van der Waals surface area (Å²) in [4.78, 5) is 12.4. The Balaban J connectivity index is 1.50. The molecule has 2 atom stereocenters. The Bertz CT molecular complexity index is 840. The Hall–Kier alpha value is -2.24. The van der Waals surface area contributed by atoms with Crippen molar-refractivity contribution in [3.63, 3.8) is 0 Å². The number of fused-ring (bicyclic) bond motifs is 3. The van der Waals surface area contributed by atoms with Gasteiger partial charge in [0.1, 0.15) is 0 Å². The van der Waals surface area contributed by atoms with Crippen LogP contribution < -0.4 is 16.0 Å². The molecule has 3 N–H and O–H groups in total. The number of urea groups is 1. The summed E-state index contributed by atoms with van der Waals surface area (Å²) in [6.07, 6.45) is 2.39. The van der Waals surface area contributed by atoms with Crippen molar-refractivity contribution in [3.8, 4) is 0 Å². The lowest BCUT2D eigenvalue weighted by atomic mass is 9.85. The number of benzene rings is 2. The van der Waals surface area contributed by atoms with Gasteiger partial charge in [-0.05, 0) is 55.7 Å². The highest BCUT2D eigenvalue weighted by molar-refractivity contribution is 6.31. The molecule has 2 aromatic carbocycles. The third-order valence-corrected chi connectivity index (χ3v) is 5.54. The minimum atomic E-state index is -0.291. The normalized spacial score (nSPS) is 21.2. The van der Waals surface area contributed by atoms with E-state index in [9.17, 15) is 4.79 Å². The van der Waals surface area contributed by atoms with Crippen molar-refractivity contribution in [2.24, 2.45) is 5.92 Å². The van der Waals surface area contributed by atoms with Crippen molar-refractivity contribution in [3.05, 3.63) is 52.5 Å². The van der Waals surface area contributed by atoms with Gasteiger partial charge in [0, 0.05) is 46.7 Å². The summed E-state index contributed by atoms with van der Waals surface area (Å²) in [7, 11) is 0. The third-order valence-electron chi connectivity index (χ3n) is 5.13. The van der Waals surface area contributed by atoms with E-state index in [0.717, 1.165) is 42.1 Å². The van der Waals surface area contributed by atoms with Gasteiger partial charge in [0.2, 0.25) is 0 Å². The van der Waals surface area contributed by atoms with Crippen LogP contribution in [0.3, 0.4) is 0 Å². The Morgan fingerprint density at radius 2 is 2.15 bits per heavy atom. The van der Waals surface area contributed by atoms with Crippen LogP contribution in [0.2, 0.25) is 5.02 Å². The fourth-order valence-electron chi connectivity index (χ4n) is 3.70. The maximum atomic E-state index is 12.4. The summed E-state index contributed by atoms with van der Waals surface area (Å²) in [5.41, 5.74) is 4.50. The maximum Gasteiger partial charge on any atom is 0.323 e. The second kappa shape index (κ2) is 7.17. The largest absolute Gasteiger partial charge is 0.384 e. The summed E-state index contributed by atoms with van der Waals surface area (Å²) in [5, 5.41) is 9.86. The first-order valence-electron chi connectivity index (χ1n) is 8.94. The van der Waals surface area contributed by atoms with Gasteiger partial charge in [-0.2, -0.15) is 0 Å². The molecule has 2 amide bonds. The average Bonchev–Trinajstić information content (AvgIpc) is 2.65. The first kappa shape index (κ1) is 17.2. The molecule has 26 heavy (non-hydrogen) atoms. The average molecular weight is 372 g/mol. The molecule has 0 bridgehead atoms. The van der Waals surface area contributed by atoms with Gasteiger partial charge in [-0.15, -0.1) is 0 Å². The first-order valence-corrected chi connectivity index (χ1v) is 9.32. The number of carbonyl (C=O) groups excluding carboxylic acids is 1. The van der Waals surface area contributed by atoms with Crippen molar-refractivity contribution in [2.45, 2.75) is 25.9 Å². The van der Waals surface area contributed by atoms with Crippen LogP contribution in [0, 0.1) is 12.8 Å². The van der Waals surface area contributed by atoms with E-state index in [2.05, 4.69) is 16.0 Å². The molecule has 2 aliphatic rings. The zero-order chi connectivity index (χ0) is 18.1. The van der Waals surface area contributed by atoms with Crippen LogP contribution in [-0.4, -0.2) is 19.2 Å². The van der Waals surface area contributed by atoms with Crippen molar-refractivity contribution in [2.75, 3.05) is 29.1 Å². The molecule has 2 heterocycles. The number of amides is 2. The predicted molar refractivity (Wildman–Crippen MR) is 105 cm³/mol. The molecule has 0 spiro atoms. The molecule has 5 nitrogen and oxygen atoms in total. The summed E-state index contributed by atoms with van der Waals surface area (Å²) in [5.74, 6) is 0.495. The number of halogens is 1. The highest BCUT2D eigenvalue weighted by atomic mass is 35.5. The van der Waals surface area contributed by atoms with Gasteiger partial charge in [-0.1, -0.05) is 17.7 Å². The molecule has 2 aromatic rings. The molecular weight excluding hydrogens is 350 g/mol. The number of carbonyl (C=O) groups is 1. The second-order valence-electron chi connectivity index (χ2n) is 6.87. The Kier molecular flexibility index (Phi) is 4.74. The molecule has 1 saturated heterocycles. The molecule has 0 saturated carbocycles. The summed E-state index contributed by atoms with van der Waals surface area (Å²) in [6.45, 7) is 3.62. The zero-order valence-corrected chi connectivity index (χ0v) is 15.4. The Morgan fingerprint density at radius 3 is 3.04 bits per heavy atom. The van der Waals surface area contributed by atoms with E-state index >= 15 is 0 Å². The zero-order valence-electron chi connectivity index (χ0n) is 14.6. The highest BCUT2D eigenvalue weighted by Gasteiger charge is 2.32. The molecule has 6 heteroatoms. The monoisotopic (exact) mass is 371 g/mol. The smallest absolute Gasteiger partial charge is 0.323 e. The van der Waals surface area contributed by atoms with Crippen LogP contribution in [0.5, 0.6) is 0 Å². The van der Waals surface area contributed by atoms with E-state index in [1.165, 1.54) is 6.42 Å².